The van der Waals surface area contributed by atoms with E-state index >= 15 is 0 Å². The largest absolute Gasteiger partial charge is 0.380 e. The average molecular weight is 508 g/mol. The Labute approximate surface area is 191 Å². The third kappa shape index (κ3) is 4.91. The maximum absolute atomic E-state index is 14.9. The molecular weight excluding hydrogens is 486 g/mol. The second-order valence-electron chi connectivity index (χ2n) is 8.52. The fraction of sp³-hybridized carbons (Fsp3) is 0.500. The number of nitrogens with zero attached hydrogens (tertiary/aromatic N) is 2. The molecule has 2 atom stereocenters. The molecule has 1 aromatic heterocycles. The van der Waals surface area contributed by atoms with Gasteiger partial charge in [0.15, 0.2) is 0 Å². The first-order valence-electron chi connectivity index (χ1n) is 10.1. The Bertz CT molecular complexity index is 1160. The first-order valence-corrected chi connectivity index (χ1v) is 12.8. The van der Waals surface area contributed by atoms with Crippen LogP contribution in [-0.2, 0) is 21.2 Å². The van der Waals surface area contributed by atoms with E-state index < -0.39 is 57.7 Å². The van der Waals surface area contributed by atoms with Crippen LogP contribution in [0.1, 0.15) is 25.0 Å². The van der Waals surface area contributed by atoms with E-state index in [9.17, 15) is 35.9 Å². The number of amides is 1. The number of benzene rings is 1. The third-order valence-corrected chi connectivity index (χ3v) is 7.50. The van der Waals surface area contributed by atoms with E-state index in [1.807, 2.05) is 4.72 Å². The van der Waals surface area contributed by atoms with Crippen LogP contribution >= 0.6 is 11.3 Å². The molecule has 7 nitrogen and oxygen atoms in total. The first kappa shape index (κ1) is 24.0. The summed E-state index contributed by atoms with van der Waals surface area (Å²) in [4.78, 5) is 18.0. The normalized spacial score (nSPS) is 24.0. The summed E-state index contributed by atoms with van der Waals surface area (Å²) in [5.41, 5.74) is -1.36. The van der Waals surface area contributed by atoms with Gasteiger partial charge < -0.3 is 10.0 Å². The lowest BCUT2D eigenvalue weighted by Gasteiger charge is -2.40. The average Bonchev–Trinajstić information content (AvgIpc) is 3.22. The Morgan fingerprint density at radius 1 is 1.27 bits per heavy atom. The minimum atomic E-state index is -4.06. The smallest absolute Gasteiger partial charge is 0.283 e. The third-order valence-electron chi connectivity index (χ3n) is 5.88. The zero-order valence-corrected chi connectivity index (χ0v) is 19.0. The van der Waals surface area contributed by atoms with E-state index in [-0.39, 0.29) is 35.5 Å². The topological polar surface area (TPSA) is 99.6 Å². The summed E-state index contributed by atoms with van der Waals surface area (Å²) in [7, 11) is -4.06. The number of likely N-dealkylation sites (tertiary alicyclic amines) is 1. The van der Waals surface area contributed by atoms with E-state index in [4.69, 9.17) is 0 Å². The van der Waals surface area contributed by atoms with Gasteiger partial charge in [0.2, 0.25) is 10.0 Å². The molecule has 1 saturated heterocycles. The molecule has 4 rings (SSSR count). The van der Waals surface area contributed by atoms with Gasteiger partial charge in [-0.1, -0.05) is 0 Å². The summed E-state index contributed by atoms with van der Waals surface area (Å²) in [6.07, 6.45) is 1.33. The first-order chi connectivity index (χ1) is 15.3. The lowest BCUT2D eigenvalue weighted by Crippen LogP contribution is -2.57. The van der Waals surface area contributed by atoms with E-state index in [2.05, 4.69) is 4.98 Å². The molecule has 1 aliphatic carbocycles. The van der Waals surface area contributed by atoms with Crippen LogP contribution in [-0.4, -0.2) is 65.7 Å². The molecule has 33 heavy (non-hydrogen) atoms. The zero-order valence-electron chi connectivity index (χ0n) is 17.4. The molecule has 1 aliphatic heterocycles. The molecule has 2 aliphatic rings. The Hall–Kier alpha value is -2.09. The maximum atomic E-state index is 14.9. The zero-order chi connectivity index (χ0) is 24.2. The Kier molecular flexibility index (Phi) is 6.04. The van der Waals surface area contributed by atoms with Crippen molar-refractivity contribution in [3.63, 3.8) is 0 Å². The number of carbonyl (C=O) groups excluding carboxylic acids is 1. The highest BCUT2D eigenvalue weighted by Gasteiger charge is 2.59. The monoisotopic (exact) mass is 507 g/mol. The summed E-state index contributed by atoms with van der Waals surface area (Å²) in [6.45, 7) is -1.06. The molecule has 2 aromatic rings. The number of rotatable bonds is 6. The number of hydrogen-bond acceptors (Lipinski definition) is 6. The predicted molar refractivity (Wildman–Crippen MR) is 112 cm³/mol. The van der Waals surface area contributed by atoms with E-state index in [1.54, 1.807) is 0 Å². The van der Waals surface area contributed by atoms with Gasteiger partial charge in [0.25, 0.3) is 11.8 Å². The molecular formula is C20H21F4N3O4S2. The van der Waals surface area contributed by atoms with Crippen molar-refractivity contribution in [2.45, 2.75) is 49.3 Å². The van der Waals surface area contributed by atoms with Gasteiger partial charge in [-0.05, 0) is 31.4 Å². The van der Waals surface area contributed by atoms with Crippen LogP contribution in [0.2, 0.25) is 0 Å². The number of sulfonamides is 1. The second kappa shape index (κ2) is 8.29. The van der Waals surface area contributed by atoms with E-state index in [1.165, 1.54) is 5.38 Å². The van der Waals surface area contributed by atoms with Crippen LogP contribution in [0.15, 0.2) is 23.6 Å². The Balaban J connectivity index is 1.66. The summed E-state index contributed by atoms with van der Waals surface area (Å²) < 4.78 is 82.3. The summed E-state index contributed by atoms with van der Waals surface area (Å²) >= 11 is 1.03. The van der Waals surface area contributed by atoms with Crippen molar-refractivity contribution >= 4 is 27.3 Å². The van der Waals surface area contributed by atoms with Crippen LogP contribution < -0.4 is 4.72 Å². The number of halogens is 4. The fourth-order valence-corrected chi connectivity index (χ4v) is 5.78. The molecule has 1 aromatic carbocycles. The van der Waals surface area contributed by atoms with Crippen molar-refractivity contribution in [2.75, 3.05) is 12.8 Å². The number of thiazole rings is 1. The molecule has 0 bridgehead atoms. The molecule has 2 N–H and O–H groups in total. The van der Waals surface area contributed by atoms with Gasteiger partial charge in [-0.3, -0.25) is 4.79 Å². The number of alkyl halides is 2. The van der Waals surface area contributed by atoms with Crippen LogP contribution in [0, 0.1) is 11.6 Å². The van der Waals surface area contributed by atoms with Gasteiger partial charge in [0.1, 0.15) is 28.3 Å². The Morgan fingerprint density at radius 3 is 2.45 bits per heavy atom. The molecule has 180 valence electrons. The van der Waals surface area contributed by atoms with Gasteiger partial charge in [0, 0.05) is 23.4 Å². The van der Waals surface area contributed by atoms with Crippen LogP contribution in [0.5, 0.6) is 0 Å². The van der Waals surface area contributed by atoms with Gasteiger partial charge in [-0.2, -0.15) is 0 Å². The van der Waals surface area contributed by atoms with Crippen molar-refractivity contribution in [1.82, 2.24) is 14.6 Å². The van der Waals surface area contributed by atoms with Crippen LogP contribution in [0.4, 0.5) is 17.6 Å². The Morgan fingerprint density at radius 2 is 1.91 bits per heavy atom. The highest BCUT2D eigenvalue weighted by atomic mass is 32.2. The lowest BCUT2D eigenvalue weighted by molar-refractivity contribution is -0.162. The number of nitrogens with one attached hydrogen (secondary N) is 1. The van der Waals surface area contributed by atoms with Crippen LogP contribution in [0.3, 0.4) is 0 Å². The molecule has 1 amide bonds. The number of carbonyl (C=O) groups is 1. The summed E-state index contributed by atoms with van der Waals surface area (Å²) in [5, 5.41) is 12.2. The highest BCUT2D eigenvalue weighted by Crippen LogP contribution is 2.40. The fourth-order valence-electron chi connectivity index (χ4n) is 4.17. The molecule has 13 heteroatoms. The van der Waals surface area contributed by atoms with Gasteiger partial charge in [0.05, 0.1) is 24.5 Å². The van der Waals surface area contributed by atoms with Crippen molar-refractivity contribution in [2.24, 2.45) is 0 Å². The number of aliphatic hydroxyl groups is 1. The molecule has 0 radical (unpaired) electrons. The van der Waals surface area contributed by atoms with Crippen molar-refractivity contribution in [3.8, 4) is 10.6 Å². The lowest BCUT2D eigenvalue weighted by atomic mass is 9.79. The highest BCUT2D eigenvalue weighted by molar-refractivity contribution is 7.88. The molecule has 2 fully saturated rings. The van der Waals surface area contributed by atoms with Crippen molar-refractivity contribution in [3.05, 3.63) is 40.9 Å². The maximum Gasteiger partial charge on any atom is 0.283 e. The second-order valence-corrected chi connectivity index (χ2v) is 11.2. The molecule has 0 spiro atoms. The van der Waals surface area contributed by atoms with E-state index in [0.29, 0.717) is 12.5 Å². The predicted octanol–water partition coefficient (Wildman–Crippen LogP) is 2.31. The minimum absolute atomic E-state index is 0.136. The van der Waals surface area contributed by atoms with Gasteiger partial charge >= 0.3 is 0 Å². The van der Waals surface area contributed by atoms with Crippen molar-refractivity contribution in [1.29, 1.82) is 0 Å². The molecule has 1 saturated carbocycles. The number of aromatic nitrogens is 1. The van der Waals surface area contributed by atoms with Crippen LogP contribution in [0.25, 0.3) is 10.6 Å². The van der Waals surface area contributed by atoms with Crippen molar-refractivity contribution < 1.29 is 35.9 Å². The molecule has 2 unspecified atom stereocenters. The standard InChI is InChI=1S/C20H21F4N3O4S2/c1-33(30,31)26-16-15(27(10-20(16,23)24)18(28)19(29)3-2-4-19)8-14-9-32-17(25-14)11-5-12(21)7-13(22)6-11/h5-7,9,15-16,26,29H,2-4,8,10H2,1H3. The molecule has 2 heterocycles. The SMILES string of the molecule is CS(=O)(=O)NC1C(Cc2csc(-c3cc(F)cc(F)c3)n2)N(C(=O)C2(O)CCC2)CC1(F)F. The summed E-state index contributed by atoms with van der Waals surface area (Å²) in [5.74, 6) is -6.08. The quantitative estimate of drug-likeness (QED) is 0.585. The summed E-state index contributed by atoms with van der Waals surface area (Å²) in [6, 6.07) is -0.409. The van der Waals surface area contributed by atoms with Gasteiger partial charge in [-0.25, -0.2) is 35.7 Å². The van der Waals surface area contributed by atoms with E-state index in [0.717, 1.165) is 34.6 Å². The minimum Gasteiger partial charge on any atom is -0.380 e. The number of hydrogen-bond donors (Lipinski definition) is 2. The van der Waals surface area contributed by atoms with Gasteiger partial charge in [-0.15, -0.1) is 11.3 Å².